The van der Waals surface area contributed by atoms with Crippen molar-refractivity contribution in [2.75, 3.05) is 26.2 Å². The Balaban J connectivity index is 0.000000177. The number of alkyl halides is 12. The number of amides is 7. The fraction of sp³-hybridized carbons (Fsp3) is 0.318. The molecular weight excluding hydrogens is 1960 g/mol. The molecule has 7 aromatic carbocycles. The zero-order chi connectivity index (χ0) is 105. The third kappa shape index (κ3) is 28.2. The Hall–Kier alpha value is -15.2. The topological polar surface area (TPSA) is 427 Å². The first-order valence-corrected chi connectivity index (χ1v) is 42.1. The average Bonchev–Trinajstić information content (AvgIpc) is 1.65. The van der Waals surface area contributed by atoms with Gasteiger partial charge in [-0.25, -0.2) is 52.7 Å². The molecule has 0 spiro atoms. The average molecular weight is 2040 g/mol. The summed E-state index contributed by atoms with van der Waals surface area (Å²) in [5, 5.41) is 32.2. The molecule has 0 bridgehead atoms. The number of fused-ring (bicyclic) bond motifs is 4. The Bertz CT molecular complexity index is 6500. The third-order valence-corrected chi connectivity index (χ3v) is 22.0. The highest BCUT2D eigenvalue weighted by molar-refractivity contribution is 5.99. The van der Waals surface area contributed by atoms with E-state index in [-0.39, 0.29) is 150 Å². The van der Waals surface area contributed by atoms with Crippen molar-refractivity contribution in [1.82, 2.24) is 89.3 Å². The Morgan fingerprint density at radius 2 is 0.650 bits per heavy atom. The van der Waals surface area contributed by atoms with Gasteiger partial charge in [0, 0.05) is 126 Å². The molecule has 4 aliphatic rings. The molecule has 55 heteroatoms. The van der Waals surface area contributed by atoms with Gasteiger partial charge in [-0.3, -0.25) is 43.7 Å². The minimum atomic E-state index is -4.72. The van der Waals surface area contributed by atoms with E-state index in [9.17, 15) is 144 Å². The van der Waals surface area contributed by atoms with E-state index in [1.54, 1.807) is 72.8 Å². The molecule has 12 N–H and O–H groups in total. The van der Waals surface area contributed by atoms with Crippen molar-refractivity contribution in [3.8, 4) is 0 Å². The lowest BCUT2D eigenvalue weighted by atomic mass is 9.98. The molecule has 0 radical (unpaired) electrons. The van der Waals surface area contributed by atoms with Gasteiger partial charge in [-0.1, -0.05) is 91.0 Å². The summed E-state index contributed by atoms with van der Waals surface area (Å²) in [6.07, 6.45) is -20.7. The summed E-state index contributed by atoms with van der Waals surface area (Å²) in [7, 11) is 0. The SMILES string of the molecule is NC(=O)[C@@H](N)c1ccccc1.NC(=O)[C@@H](N/C(=C\C(=O)N1CCn2c(nnc2C(F)(F)F)C1)Cc1cc(F)c(F)cc1F)c1ccccc1.NC(=O)[C@@H](N[C@@H](CC(=O)N1CCn2c(nnc2C(F)(F)F)C1)Cc1cc(F)c(F)cc1F)c1ccccc1.N[C@@H](CC(=O)N1CCn2c(nnc2C(F)(F)F)C1)Cc1cc(F)c(F)cc1F.O=C(CC(=O)N1CCn2c(nnc2C(F)(F)F)C1)Cc1cc(F)c(F)cc1F. The molecule has 15 rings (SSSR count). The zero-order valence-corrected chi connectivity index (χ0v) is 73.6. The first kappa shape index (κ1) is 108. The van der Waals surface area contributed by atoms with Crippen LogP contribution in [0.5, 0.6) is 0 Å². The number of nitrogens with two attached hydrogens (primary N) is 5. The van der Waals surface area contributed by atoms with Gasteiger partial charge < -0.3 is 71.9 Å². The highest BCUT2D eigenvalue weighted by Gasteiger charge is 2.45. The van der Waals surface area contributed by atoms with Crippen LogP contribution in [0.1, 0.15) is 123 Å². The summed E-state index contributed by atoms with van der Waals surface area (Å²) in [4.78, 5) is 103. The lowest BCUT2D eigenvalue weighted by molar-refractivity contribution is -0.149. The number of primary amides is 3. The van der Waals surface area contributed by atoms with E-state index in [0.29, 0.717) is 59.7 Å². The number of hydrogen-bond acceptors (Lipinski definition) is 20. The van der Waals surface area contributed by atoms with Gasteiger partial charge in [0.25, 0.3) is 0 Å². The molecule has 31 nitrogen and oxygen atoms in total. The van der Waals surface area contributed by atoms with Crippen molar-refractivity contribution < 1.29 is 144 Å². The second-order valence-electron chi connectivity index (χ2n) is 32.1. The molecule has 0 fully saturated rings. The number of Topliss-reactive ketones (excluding diaryl/α,β-unsaturated/α-hetero) is 1. The van der Waals surface area contributed by atoms with Gasteiger partial charge in [-0.15, -0.1) is 40.8 Å². The Morgan fingerprint density at radius 3 is 1.01 bits per heavy atom. The van der Waals surface area contributed by atoms with Gasteiger partial charge in [0.2, 0.25) is 64.6 Å². The second kappa shape index (κ2) is 46.0. The van der Waals surface area contributed by atoms with E-state index in [2.05, 4.69) is 51.4 Å². The van der Waals surface area contributed by atoms with E-state index >= 15 is 0 Å². The monoisotopic (exact) mass is 2040 g/mol. The fourth-order valence-corrected chi connectivity index (χ4v) is 15.0. The Morgan fingerprint density at radius 1 is 0.343 bits per heavy atom. The van der Waals surface area contributed by atoms with E-state index in [1.807, 2.05) is 18.2 Å². The number of allylic oxidation sites excluding steroid dienone is 1. The van der Waals surface area contributed by atoms with Crippen LogP contribution < -0.4 is 39.3 Å². The molecule has 0 saturated carbocycles. The molecule has 0 unspecified atom stereocenters. The lowest BCUT2D eigenvalue weighted by Gasteiger charge is -2.31. The number of halogens is 24. The summed E-state index contributed by atoms with van der Waals surface area (Å²) in [5.74, 6) is -25.2. The van der Waals surface area contributed by atoms with E-state index in [0.717, 1.165) is 34.8 Å². The van der Waals surface area contributed by atoms with Crippen LogP contribution in [0.15, 0.2) is 151 Å². The predicted molar refractivity (Wildman–Crippen MR) is 446 cm³/mol. The number of carbonyl (C=O) groups excluding carboxylic acids is 8. The molecule has 5 atom stereocenters. The molecule has 4 aliphatic heterocycles. The minimum absolute atomic E-state index is 0.000783. The van der Waals surface area contributed by atoms with Gasteiger partial charge in [0.05, 0.1) is 32.6 Å². The quantitative estimate of drug-likeness (QED) is 0.0121. The number of hydrogen-bond donors (Lipinski definition) is 7. The van der Waals surface area contributed by atoms with Crippen molar-refractivity contribution in [3.05, 3.63) is 307 Å². The number of aromatic nitrogens is 12. The standard InChI is InChI=1S/C24H22F6N6O2.C24H20F6N6O2.C16H15F6N5O.C16H12F6N4O2.C8H10N2O/c2*25-16-11-18(27)17(26)9-14(16)8-15(32-21(22(31)38)13-4-2-1-3-5-13)10-20(37)35-6-7-36-19(12-35)33-34-23(36)24(28,29)30;17-10-6-12(19)11(18)4-8(10)3-9(23)5-14(28)26-1-2-27-13(7-26)24-25-15(27)16(20,21)22;17-10-6-12(19)11(18)4-8(10)3-9(27)5-14(28)25-1-2-26-13(7-25)23-24-15(26)16(20,21)22;9-7(8(10)11)6-4-2-1-3-5-6/h1-5,9,11,15,21,32H,6-8,10,12H2,(H2,31,38);1-5,9-11,21,32H,6-8,12H2,(H2,31,38);4,6,9H,1-3,5,7,23H2;4,6H,1-3,5,7H2;1-5,7H,9H2,(H2,10,11)/b;15-10-;;;/t15-,21+;21-;9-;;7-/m101.0/s1. The summed E-state index contributed by atoms with van der Waals surface area (Å²) >= 11 is 0. The van der Waals surface area contributed by atoms with Gasteiger partial charge >= 0.3 is 24.7 Å². The molecule has 143 heavy (non-hydrogen) atoms. The van der Waals surface area contributed by atoms with Gasteiger partial charge in [-0.05, 0) is 76.1 Å². The van der Waals surface area contributed by atoms with E-state index in [1.165, 1.54) is 14.7 Å². The minimum Gasteiger partial charge on any atom is -0.373 e. The molecule has 11 aromatic rings. The second-order valence-corrected chi connectivity index (χ2v) is 32.1. The van der Waals surface area contributed by atoms with Crippen LogP contribution in [0.3, 0.4) is 0 Å². The van der Waals surface area contributed by atoms with Crippen LogP contribution >= 0.6 is 0 Å². The molecule has 7 amide bonds. The van der Waals surface area contributed by atoms with Gasteiger partial charge in [0.1, 0.15) is 47.2 Å². The van der Waals surface area contributed by atoms with Crippen LogP contribution in [0.4, 0.5) is 105 Å². The van der Waals surface area contributed by atoms with Crippen molar-refractivity contribution in [2.45, 2.75) is 152 Å². The van der Waals surface area contributed by atoms with Crippen molar-refractivity contribution in [1.29, 1.82) is 0 Å². The smallest absolute Gasteiger partial charge is 0.373 e. The molecule has 4 aromatic heterocycles. The van der Waals surface area contributed by atoms with Crippen molar-refractivity contribution >= 4 is 47.1 Å². The summed E-state index contributed by atoms with van der Waals surface area (Å²) < 4.78 is 322. The summed E-state index contributed by atoms with van der Waals surface area (Å²) in [5.41, 5.74) is 27.8. The Kier molecular flexibility index (Phi) is 34.8. The van der Waals surface area contributed by atoms with Crippen LogP contribution in [-0.2, 0) is 141 Å². The first-order valence-electron chi connectivity index (χ1n) is 42.1. The van der Waals surface area contributed by atoms with Gasteiger partial charge in [-0.2, -0.15) is 52.7 Å². The summed E-state index contributed by atoms with van der Waals surface area (Å²) in [6.45, 7) is -2.08. The maximum absolute atomic E-state index is 14.4. The highest BCUT2D eigenvalue weighted by atomic mass is 19.4. The largest absolute Gasteiger partial charge is 0.451 e. The molecule has 762 valence electrons. The predicted octanol–water partition coefficient (Wildman–Crippen LogP) is 10.3. The number of rotatable bonds is 25. The number of nitrogens with one attached hydrogen (secondary N) is 2. The fourth-order valence-electron chi connectivity index (χ4n) is 15.0. The van der Waals surface area contributed by atoms with Crippen LogP contribution in [0, 0.1) is 69.8 Å². The van der Waals surface area contributed by atoms with Crippen molar-refractivity contribution in [3.63, 3.8) is 0 Å². The third-order valence-electron chi connectivity index (χ3n) is 22.0. The van der Waals surface area contributed by atoms with E-state index < -0.39 is 220 Å². The molecule has 0 saturated heterocycles. The summed E-state index contributed by atoms with van der Waals surface area (Å²) in [6, 6.07) is 24.4. The van der Waals surface area contributed by atoms with Crippen LogP contribution in [0.25, 0.3) is 0 Å². The van der Waals surface area contributed by atoms with Crippen molar-refractivity contribution in [2.24, 2.45) is 28.7 Å². The highest BCUT2D eigenvalue weighted by Crippen LogP contribution is 2.36. The molecular formula is C88H79F24N23O8. The molecule has 0 aliphatic carbocycles. The van der Waals surface area contributed by atoms with Gasteiger partial charge in [0.15, 0.2) is 69.8 Å². The maximum Gasteiger partial charge on any atom is 0.451 e. The lowest BCUT2D eigenvalue weighted by Crippen LogP contribution is -2.46. The number of benzene rings is 7. The number of nitrogens with zero attached hydrogens (tertiary/aromatic N) is 16. The molecule has 8 heterocycles. The number of carbonyl (C=O) groups is 8. The number of ketones is 1. The Labute approximate surface area is 791 Å². The van der Waals surface area contributed by atoms with E-state index in [4.69, 9.17) is 28.7 Å². The normalized spacial score (nSPS) is 14.7. The van der Waals surface area contributed by atoms with Crippen LogP contribution in [-0.4, -0.2) is 164 Å². The maximum atomic E-state index is 14.4. The first-order chi connectivity index (χ1) is 67.2. The van der Waals surface area contributed by atoms with Crippen LogP contribution in [0.2, 0.25) is 0 Å². The zero-order valence-electron chi connectivity index (χ0n) is 73.6.